The first-order valence-corrected chi connectivity index (χ1v) is 2.58. The molecular weight excluding hydrogens is 109 g/mol. The van der Waals surface area contributed by atoms with Crippen molar-refractivity contribution < 1.29 is 0 Å². The van der Waals surface area contributed by atoms with Gasteiger partial charge in [-0.25, -0.2) is 0 Å². The highest BCUT2D eigenvalue weighted by Gasteiger charge is 1.85. The summed E-state index contributed by atoms with van der Waals surface area (Å²) in [5.74, 6) is 0. The Morgan fingerprint density at radius 2 is 2.22 bits per heavy atom. The molecule has 0 aliphatic rings. The normalized spacial score (nSPS) is 8.33. The zero-order valence-electron chi connectivity index (χ0n) is 4.83. The molecule has 0 unspecified atom stereocenters. The van der Waals surface area contributed by atoms with Crippen molar-refractivity contribution in [2.24, 2.45) is 0 Å². The van der Waals surface area contributed by atoms with Crippen LogP contribution in [-0.4, -0.2) is 7.85 Å². The largest absolute Gasteiger partial charge is 0.192 e. The molecule has 0 aliphatic heterocycles. The second kappa shape index (κ2) is 2.36. The maximum atomic E-state index is 8.36. The van der Waals surface area contributed by atoms with E-state index < -0.39 is 0 Å². The highest BCUT2D eigenvalue weighted by atomic mass is 14.2. The minimum atomic E-state index is 0.606. The fourth-order valence-electron chi connectivity index (χ4n) is 0.608. The number of nitriles is 1. The molecule has 0 aromatic heterocycles. The summed E-state index contributed by atoms with van der Waals surface area (Å²) in [6.45, 7) is 0. The third-order valence-corrected chi connectivity index (χ3v) is 1.02. The SMILES string of the molecule is [B]c1cccc(C#N)c1. The first kappa shape index (κ1) is 5.90. The molecule has 0 atom stereocenters. The van der Waals surface area contributed by atoms with Crippen LogP contribution in [-0.2, 0) is 0 Å². The molecule has 0 bridgehead atoms. The Hall–Kier alpha value is -1.23. The van der Waals surface area contributed by atoms with Gasteiger partial charge >= 0.3 is 0 Å². The van der Waals surface area contributed by atoms with Gasteiger partial charge in [0.2, 0.25) is 0 Å². The van der Waals surface area contributed by atoms with Gasteiger partial charge in [0.05, 0.1) is 11.6 Å². The van der Waals surface area contributed by atoms with Crippen molar-refractivity contribution in [3.8, 4) is 6.07 Å². The summed E-state index contributed by atoms with van der Waals surface area (Å²) in [5, 5.41) is 8.36. The molecule has 1 rings (SSSR count). The van der Waals surface area contributed by atoms with Crippen molar-refractivity contribution in [1.82, 2.24) is 0 Å². The van der Waals surface area contributed by atoms with Crippen molar-refractivity contribution >= 4 is 13.3 Å². The lowest BCUT2D eigenvalue weighted by atomic mass is 9.95. The van der Waals surface area contributed by atoms with Crippen LogP contribution in [0.15, 0.2) is 24.3 Å². The lowest BCUT2D eigenvalue weighted by Crippen LogP contribution is -2.00. The molecule has 40 valence electrons. The van der Waals surface area contributed by atoms with Crippen molar-refractivity contribution in [3.63, 3.8) is 0 Å². The van der Waals surface area contributed by atoms with E-state index in [0.717, 1.165) is 0 Å². The maximum Gasteiger partial charge on any atom is 0.113 e. The highest BCUT2D eigenvalue weighted by molar-refractivity contribution is 6.32. The summed E-state index contributed by atoms with van der Waals surface area (Å²) >= 11 is 0. The minimum Gasteiger partial charge on any atom is -0.192 e. The topological polar surface area (TPSA) is 23.8 Å². The molecule has 0 aliphatic carbocycles. The molecule has 2 radical (unpaired) electrons. The van der Waals surface area contributed by atoms with Gasteiger partial charge in [0.1, 0.15) is 7.85 Å². The smallest absolute Gasteiger partial charge is 0.113 e. The van der Waals surface area contributed by atoms with Crippen molar-refractivity contribution in [2.45, 2.75) is 0 Å². The van der Waals surface area contributed by atoms with Gasteiger partial charge in [-0.2, -0.15) is 5.26 Å². The van der Waals surface area contributed by atoms with Crippen LogP contribution in [0, 0.1) is 11.3 Å². The van der Waals surface area contributed by atoms with E-state index >= 15 is 0 Å². The van der Waals surface area contributed by atoms with E-state index in [1.807, 2.05) is 6.07 Å². The lowest BCUT2D eigenvalue weighted by molar-refractivity contribution is 1.49. The summed E-state index contributed by atoms with van der Waals surface area (Å²) in [4.78, 5) is 0. The molecule has 1 aromatic carbocycles. The molecule has 0 heterocycles. The number of nitrogens with zero attached hydrogens (tertiary/aromatic N) is 1. The van der Waals surface area contributed by atoms with Crippen LogP contribution in [0.3, 0.4) is 0 Å². The third kappa shape index (κ3) is 1.33. The van der Waals surface area contributed by atoms with E-state index in [-0.39, 0.29) is 0 Å². The molecule has 2 heteroatoms. The second-order valence-corrected chi connectivity index (χ2v) is 1.74. The molecule has 0 amide bonds. The molecule has 0 fully saturated rings. The van der Waals surface area contributed by atoms with Gasteiger partial charge in [0, 0.05) is 0 Å². The Balaban J connectivity index is 3.12. The summed E-state index contributed by atoms with van der Waals surface area (Å²) in [6, 6.07) is 8.85. The monoisotopic (exact) mass is 113 g/mol. The number of rotatable bonds is 0. The Kier molecular flexibility index (Phi) is 1.55. The van der Waals surface area contributed by atoms with Crippen LogP contribution in [0.5, 0.6) is 0 Å². The van der Waals surface area contributed by atoms with Crippen LogP contribution in [0.25, 0.3) is 0 Å². The number of benzene rings is 1. The average Bonchev–Trinajstić information content (AvgIpc) is 1.88. The molecule has 1 aromatic rings. The van der Waals surface area contributed by atoms with Gasteiger partial charge in [-0.1, -0.05) is 23.7 Å². The Labute approximate surface area is 55.3 Å². The van der Waals surface area contributed by atoms with Gasteiger partial charge < -0.3 is 0 Å². The van der Waals surface area contributed by atoms with Gasteiger partial charge in [-0.15, -0.1) is 0 Å². The summed E-state index contributed by atoms with van der Waals surface area (Å²) in [5.41, 5.74) is 1.24. The number of hydrogen-bond donors (Lipinski definition) is 0. The van der Waals surface area contributed by atoms with E-state index in [9.17, 15) is 0 Å². The lowest BCUT2D eigenvalue weighted by Gasteiger charge is -1.89. The fraction of sp³-hybridized carbons (Fsp3) is 0. The minimum absolute atomic E-state index is 0.606. The standard InChI is InChI=1S/C7H4BN/c8-7-3-1-2-6(4-7)5-9/h1-4H. The summed E-state index contributed by atoms with van der Waals surface area (Å²) < 4.78 is 0. The zero-order valence-corrected chi connectivity index (χ0v) is 4.83. The van der Waals surface area contributed by atoms with Crippen LogP contribution in [0.2, 0.25) is 0 Å². The molecule has 9 heavy (non-hydrogen) atoms. The van der Waals surface area contributed by atoms with Crippen molar-refractivity contribution in [2.75, 3.05) is 0 Å². The Morgan fingerprint density at radius 1 is 1.44 bits per heavy atom. The zero-order chi connectivity index (χ0) is 6.69. The van der Waals surface area contributed by atoms with E-state index in [4.69, 9.17) is 13.1 Å². The molecule has 1 nitrogen and oxygen atoms in total. The third-order valence-electron chi connectivity index (χ3n) is 1.02. The maximum absolute atomic E-state index is 8.36. The molecule has 0 N–H and O–H groups in total. The average molecular weight is 113 g/mol. The quantitative estimate of drug-likeness (QED) is 0.445. The van der Waals surface area contributed by atoms with Gasteiger partial charge in [0.25, 0.3) is 0 Å². The predicted molar refractivity (Wildman–Crippen MR) is 36.5 cm³/mol. The summed E-state index contributed by atoms with van der Waals surface area (Å²) in [6.07, 6.45) is 0. The first-order valence-electron chi connectivity index (χ1n) is 2.58. The molecule has 0 spiro atoms. The summed E-state index contributed by atoms with van der Waals surface area (Å²) in [7, 11) is 5.38. The van der Waals surface area contributed by atoms with Crippen LogP contribution in [0.1, 0.15) is 5.56 Å². The predicted octanol–water partition coefficient (Wildman–Crippen LogP) is 0.352. The second-order valence-electron chi connectivity index (χ2n) is 1.74. The molecular formula is C7H4BN. The Bertz CT molecular complexity index is 249. The van der Waals surface area contributed by atoms with Gasteiger partial charge in [-0.05, 0) is 6.07 Å². The molecule has 0 saturated heterocycles. The van der Waals surface area contributed by atoms with E-state index in [2.05, 4.69) is 0 Å². The Morgan fingerprint density at radius 3 is 2.67 bits per heavy atom. The van der Waals surface area contributed by atoms with Crippen molar-refractivity contribution in [3.05, 3.63) is 29.8 Å². The van der Waals surface area contributed by atoms with Crippen LogP contribution >= 0.6 is 0 Å². The van der Waals surface area contributed by atoms with Crippen LogP contribution in [0.4, 0.5) is 0 Å². The van der Waals surface area contributed by atoms with Crippen molar-refractivity contribution in [1.29, 1.82) is 5.26 Å². The van der Waals surface area contributed by atoms with Gasteiger partial charge in [-0.3, -0.25) is 0 Å². The van der Waals surface area contributed by atoms with Gasteiger partial charge in [0.15, 0.2) is 0 Å². The first-order chi connectivity index (χ1) is 4.33. The molecule has 0 saturated carbocycles. The number of hydrogen-bond acceptors (Lipinski definition) is 1. The van der Waals surface area contributed by atoms with E-state index in [0.29, 0.717) is 11.0 Å². The van der Waals surface area contributed by atoms with E-state index in [1.165, 1.54) is 0 Å². The highest BCUT2D eigenvalue weighted by Crippen LogP contribution is 1.90. The van der Waals surface area contributed by atoms with Crippen LogP contribution < -0.4 is 5.46 Å². The van der Waals surface area contributed by atoms with E-state index in [1.54, 1.807) is 24.3 Å². The fourth-order valence-corrected chi connectivity index (χ4v) is 0.608.